The van der Waals surface area contributed by atoms with Crippen LogP contribution < -0.4 is 10.3 Å². The van der Waals surface area contributed by atoms with Crippen molar-refractivity contribution in [2.45, 2.75) is 0 Å². The van der Waals surface area contributed by atoms with Crippen LogP contribution in [0, 0.1) is 0 Å². The molecule has 0 radical (unpaired) electrons. The summed E-state index contributed by atoms with van der Waals surface area (Å²) in [6.45, 7) is 0. The number of hydrogen-bond acceptors (Lipinski definition) is 4. The molecule has 1 N–H and O–H groups in total. The summed E-state index contributed by atoms with van der Waals surface area (Å²) >= 11 is 0. The maximum Gasteiger partial charge on any atom is 0.266 e. The van der Waals surface area contributed by atoms with Crippen molar-refractivity contribution in [2.75, 3.05) is 7.11 Å². The van der Waals surface area contributed by atoms with E-state index >= 15 is 0 Å². The molecule has 28 heavy (non-hydrogen) atoms. The Balaban J connectivity index is 1.92. The normalized spacial score (nSPS) is 11.2. The zero-order valence-corrected chi connectivity index (χ0v) is 15.2. The number of phenols is 1. The predicted molar refractivity (Wildman–Crippen MR) is 111 cm³/mol. The molecule has 1 heterocycles. The van der Waals surface area contributed by atoms with E-state index in [-0.39, 0.29) is 11.3 Å². The molecule has 0 atom stereocenters. The van der Waals surface area contributed by atoms with E-state index in [4.69, 9.17) is 4.74 Å². The van der Waals surface area contributed by atoms with E-state index in [2.05, 4.69) is 4.98 Å². The minimum atomic E-state index is -0.149. The van der Waals surface area contributed by atoms with Crippen LogP contribution in [0.4, 0.5) is 0 Å². The third kappa shape index (κ3) is 3.38. The highest BCUT2D eigenvalue weighted by molar-refractivity contribution is 5.80. The predicted octanol–water partition coefficient (Wildman–Crippen LogP) is 4.27. The number of phenolic OH excluding ortho intramolecular Hbond substituents is 1. The van der Waals surface area contributed by atoms with Crippen LogP contribution >= 0.6 is 0 Å². The summed E-state index contributed by atoms with van der Waals surface area (Å²) in [6.07, 6.45) is 3.65. The van der Waals surface area contributed by atoms with Crippen molar-refractivity contribution >= 4 is 23.1 Å². The summed E-state index contributed by atoms with van der Waals surface area (Å²) in [5, 5.41) is 9.99. The lowest BCUT2D eigenvalue weighted by molar-refractivity contribution is 0.414. The first-order valence-electron chi connectivity index (χ1n) is 8.79. The fourth-order valence-electron chi connectivity index (χ4n) is 3.02. The molecule has 5 nitrogen and oxygen atoms in total. The number of methoxy groups -OCH3 is 1. The lowest BCUT2D eigenvalue weighted by Crippen LogP contribution is -2.22. The van der Waals surface area contributed by atoms with Crippen LogP contribution in [0.5, 0.6) is 11.5 Å². The van der Waals surface area contributed by atoms with Gasteiger partial charge in [-0.05, 0) is 48.0 Å². The Morgan fingerprint density at radius 1 is 0.964 bits per heavy atom. The molecule has 3 aromatic carbocycles. The van der Waals surface area contributed by atoms with Crippen molar-refractivity contribution in [3.8, 4) is 17.2 Å². The molecule has 0 saturated carbocycles. The summed E-state index contributed by atoms with van der Waals surface area (Å²) in [4.78, 5) is 17.9. The number of rotatable bonds is 4. The molecule has 1 aromatic heterocycles. The quantitative estimate of drug-likeness (QED) is 0.583. The fourth-order valence-corrected chi connectivity index (χ4v) is 3.02. The van der Waals surface area contributed by atoms with Crippen LogP contribution in [-0.4, -0.2) is 21.8 Å². The molecule has 0 spiro atoms. The van der Waals surface area contributed by atoms with Crippen molar-refractivity contribution in [2.24, 2.45) is 0 Å². The number of aromatic nitrogens is 2. The van der Waals surface area contributed by atoms with E-state index in [9.17, 15) is 9.90 Å². The van der Waals surface area contributed by atoms with Crippen LogP contribution in [0.15, 0.2) is 77.6 Å². The number of aromatic hydroxyl groups is 1. The zero-order valence-electron chi connectivity index (χ0n) is 15.2. The molecule has 0 fully saturated rings. The van der Waals surface area contributed by atoms with Crippen molar-refractivity contribution in [1.82, 2.24) is 9.55 Å². The molecule has 4 aromatic rings. The average Bonchev–Trinajstić information content (AvgIpc) is 2.73. The van der Waals surface area contributed by atoms with Gasteiger partial charge in [0.15, 0.2) is 0 Å². The van der Waals surface area contributed by atoms with E-state index in [1.165, 1.54) is 0 Å². The van der Waals surface area contributed by atoms with Crippen molar-refractivity contribution in [3.63, 3.8) is 0 Å². The smallest absolute Gasteiger partial charge is 0.266 e. The maximum absolute atomic E-state index is 13.2. The number of benzene rings is 3. The molecule has 0 aliphatic heterocycles. The van der Waals surface area contributed by atoms with E-state index in [0.29, 0.717) is 28.2 Å². The second-order valence-electron chi connectivity index (χ2n) is 6.25. The fraction of sp³-hybridized carbons (Fsp3) is 0.0435. The van der Waals surface area contributed by atoms with Crippen LogP contribution in [-0.2, 0) is 0 Å². The molecular weight excluding hydrogens is 352 g/mol. The first-order chi connectivity index (χ1) is 13.7. The van der Waals surface area contributed by atoms with E-state index in [0.717, 1.165) is 5.56 Å². The van der Waals surface area contributed by atoms with Gasteiger partial charge in [0.2, 0.25) is 0 Å². The average molecular weight is 370 g/mol. The summed E-state index contributed by atoms with van der Waals surface area (Å²) in [6, 6.07) is 21.4. The van der Waals surface area contributed by atoms with Crippen LogP contribution in [0.3, 0.4) is 0 Å². The second kappa shape index (κ2) is 7.40. The molecule has 0 amide bonds. The van der Waals surface area contributed by atoms with Crippen LogP contribution in [0.1, 0.15) is 11.4 Å². The van der Waals surface area contributed by atoms with Crippen LogP contribution in [0.2, 0.25) is 0 Å². The van der Waals surface area contributed by atoms with Gasteiger partial charge in [0.25, 0.3) is 5.56 Å². The minimum absolute atomic E-state index is 0.149. The van der Waals surface area contributed by atoms with Gasteiger partial charge in [-0.25, -0.2) is 4.98 Å². The largest absolute Gasteiger partial charge is 0.508 e. The number of hydrogen-bond donors (Lipinski definition) is 1. The van der Waals surface area contributed by atoms with Gasteiger partial charge in [0.1, 0.15) is 17.3 Å². The lowest BCUT2D eigenvalue weighted by atomic mass is 10.2. The zero-order chi connectivity index (χ0) is 19.5. The summed E-state index contributed by atoms with van der Waals surface area (Å²) < 4.78 is 6.88. The summed E-state index contributed by atoms with van der Waals surface area (Å²) in [7, 11) is 1.59. The van der Waals surface area contributed by atoms with E-state index in [1.807, 2.05) is 42.5 Å². The van der Waals surface area contributed by atoms with Crippen LogP contribution in [0.25, 0.3) is 28.7 Å². The molecule has 0 bridgehead atoms. The summed E-state index contributed by atoms with van der Waals surface area (Å²) in [5.41, 5.74) is 2.05. The van der Waals surface area contributed by atoms with Gasteiger partial charge >= 0.3 is 0 Å². The topological polar surface area (TPSA) is 64.3 Å². The number of fused-ring (bicyclic) bond motifs is 1. The van der Waals surface area contributed by atoms with Crippen molar-refractivity contribution < 1.29 is 9.84 Å². The number of ether oxygens (including phenoxy) is 1. The minimum Gasteiger partial charge on any atom is -0.508 e. The molecule has 5 heteroatoms. The molecule has 4 rings (SSSR count). The van der Waals surface area contributed by atoms with Gasteiger partial charge in [0.05, 0.1) is 23.7 Å². The lowest BCUT2D eigenvalue weighted by Gasteiger charge is -2.12. The Bertz CT molecular complexity index is 1220. The number of para-hydroxylation sites is 1. The third-order valence-electron chi connectivity index (χ3n) is 4.43. The molecule has 0 saturated heterocycles. The molecule has 138 valence electrons. The van der Waals surface area contributed by atoms with Gasteiger partial charge in [-0.2, -0.15) is 0 Å². The molecular formula is C23H18N2O3. The van der Waals surface area contributed by atoms with Gasteiger partial charge < -0.3 is 9.84 Å². The highest BCUT2D eigenvalue weighted by Gasteiger charge is 2.11. The highest BCUT2D eigenvalue weighted by Crippen LogP contribution is 2.19. The van der Waals surface area contributed by atoms with Gasteiger partial charge in [-0.1, -0.05) is 36.4 Å². The third-order valence-corrected chi connectivity index (χ3v) is 4.43. The highest BCUT2D eigenvalue weighted by atomic mass is 16.5. The molecule has 0 aliphatic rings. The Morgan fingerprint density at radius 3 is 2.54 bits per heavy atom. The van der Waals surface area contributed by atoms with E-state index in [1.54, 1.807) is 54.2 Å². The molecule has 0 aliphatic carbocycles. The first kappa shape index (κ1) is 17.5. The van der Waals surface area contributed by atoms with Gasteiger partial charge in [-0.3, -0.25) is 9.36 Å². The number of nitrogens with zero attached hydrogens (tertiary/aromatic N) is 2. The Labute approximate surface area is 161 Å². The van der Waals surface area contributed by atoms with Gasteiger partial charge in [0, 0.05) is 6.07 Å². The SMILES string of the molecule is COc1cccc(-n2c(C=Cc3ccc(O)cc3)nc3ccccc3c2=O)c1. The van der Waals surface area contributed by atoms with Gasteiger partial charge in [-0.15, -0.1) is 0 Å². The monoisotopic (exact) mass is 370 g/mol. The second-order valence-corrected chi connectivity index (χ2v) is 6.25. The Hall–Kier alpha value is -3.86. The first-order valence-corrected chi connectivity index (χ1v) is 8.79. The Kier molecular flexibility index (Phi) is 4.64. The maximum atomic E-state index is 13.2. The van der Waals surface area contributed by atoms with E-state index < -0.39 is 0 Å². The van der Waals surface area contributed by atoms with Crippen molar-refractivity contribution in [3.05, 3.63) is 94.5 Å². The standard InChI is InChI=1S/C23H18N2O3/c1-28-19-6-4-5-17(15-19)25-22(14-11-16-9-12-18(26)13-10-16)24-21-8-3-2-7-20(21)23(25)27/h2-15,26H,1H3. The Morgan fingerprint density at radius 2 is 1.75 bits per heavy atom. The van der Waals surface area contributed by atoms with Crippen molar-refractivity contribution in [1.29, 1.82) is 0 Å². The summed E-state index contributed by atoms with van der Waals surface area (Å²) in [5.74, 6) is 1.37. The molecule has 0 unspecified atom stereocenters.